The molecule has 0 saturated carbocycles. The summed E-state index contributed by atoms with van der Waals surface area (Å²) in [6, 6.07) is 3.69. The van der Waals surface area contributed by atoms with Crippen molar-refractivity contribution >= 4 is 5.69 Å². The van der Waals surface area contributed by atoms with E-state index in [0.717, 1.165) is 12.3 Å². The zero-order chi connectivity index (χ0) is 15.3. The highest BCUT2D eigenvalue weighted by Crippen LogP contribution is 2.30. The highest BCUT2D eigenvalue weighted by molar-refractivity contribution is 5.53. The standard InChI is InChI=1S/C13H12F3N3O2/c1-17-10-4-6-18-7-11(10)20-8-21-13(15,16)12-9(14)3-2-5-19-12/h2-7H,8H2,1H3,(H,17,18). The normalized spacial score (nSPS) is 11.2. The number of alkyl halides is 2. The number of hydrogen-bond donors (Lipinski definition) is 1. The Morgan fingerprint density at radius 1 is 1.29 bits per heavy atom. The van der Waals surface area contributed by atoms with E-state index in [1.807, 2.05) is 0 Å². The summed E-state index contributed by atoms with van der Waals surface area (Å²) in [4.78, 5) is 7.08. The Hall–Kier alpha value is -2.35. The molecule has 2 heterocycles. The Labute approximate surface area is 118 Å². The third kappa shape index (κ3) is 3.60. The van der Waals surface area contributed by atoms with Crippen LogP contribution in [0.5, 0.6) is 5.75 Å². The van der Waals surface area contributed by atoms with Gasteiger partial charge in [-0.3, -0.25) is 9.72 Å². The van der Waals surface area contributed by atoms with Crippen LogP contribution in [0.3, 0.4) is 0 Å². The lowest BCUT2D eigenvalue weighted by atomic mass is 10.3. The fourth-order valence-electron chi connectivity index (χ4n) is 1.54. The van der Waals surface area contributed by atoms with Gasteiger partial charge in [0.05, 0.1) is 11.9 Å². The topological polar surface area (TPSA) is 56.3 Å². The number of halogens is 3. The van der Waals surface area contributed by atoms with Crippen molar-refractivity contribution in [2.75, 3.05) is 19.2 Å². The molecule has 0 aliphatic heterocycles. The van der Waals surface area contributed by atoms with E-state index in [2.05, 4.69) is 20.0 Å². The predicted molar refractivity (Wildman–Crippen MR) is 68.5 cm³/mol. The van der Waals surface area contributed by atoms with Crippen molar-refractivity contribution in [3.05, 3.63) is 48.3 Å². The molecule has 112 valence electrons. The van der Waals surface area contributed by atoms with Crippen LogP contribution in [0, 0.1) is 5.82 Å². The highest BCUT2D eigenvalue weighted by Gasteiger charge is 2.38. The van der Waals surface area contributed by atoms with Crippen LogP contribution in [0.2, 0.25) is 0 Å². The number of aromatic nitrogens is 2. The van der Waals surface area contributed by atoms with E-state index in [-0.39, 0.29) is 5.75 Å². The first-order valence-electron chi connectivity index (χ1n) is 5.92. The third-order valence-corrected chi connectivity index (χ3v) is 2.54. The van der Waals surface area contributed by atoms with E-state index in [1.165, 1.54) is 18.5 Å². The number of rotatable bonds is 6. The Bertz CT molecular complexity index is 611. The molecule has 0 bridgehead atoms. The van der Waals surface area contributed by atoms with Gasteiger partial charge in [-0.05, 0) is 18.2 Å². The molecule has 0 atom stereocenters. The van der Waals surface area contributed by atoms with Gasteiger partial charge in [0.1, 0.15) is 0 Å². The quantitative estimate of drug-likeness (QED) is 0.831. The number of nitrogens with zero attached hydrogens (tertiary/aromatic N) is 2. The van der Waals surface area contributed by atoms with Gasteiger partial charge in [0, 0.05) is 19.4 Å². The van der Waals surface area contributed by atoms with E-state index in [1.54, 1.807) is 13.1 Å². The molecule has 0 aromatic carbocycles. The van der Waals surface area contributed by atoms with Crippen LogP contribution < -0.4 is 10.1 Å². The molecule has 0 spiro atoms. The number of ether oxygens (including phenoxy) is 2. The van der Waals surface area contributed by atoms with Crippen LogP contribution in [0.1, 0.15) is 5.69 Å². The van der Waals surface area contributed by atoms with E-state index < -0.39 is 24.4 Å². The molecule has 2 aromatic rings. The van der Waals surface area contributed by atoms with Crippen molar-refractivity contribution < 1.29 is 22.6 Å². The van der Waals surface area contributed by atoms with Crippen LogP contribution in [0.4, 0.5) is 18.9 Å². The molecule has 0 amide bonds. The lowest BCUT2D eigenvalue weighted by molar-refractivity contribution is -0.276. The Kier molecular flexibility index (Phi) is 4.59. The molecule has 2 rings (SSSR count). The van der Waals surface area contributed by atoms with Crippen LogP contribution in [-0.2, 0) is 10.8 Å². The van der Waals surface area contributed by atoms with Crippen molar-refractivity contribution in [3.63, 3.8) is 0 Å². The smallest absolute Gasteiger partial charge is 0.405 e. The Morgan fingerprint density at radius 2 is 2.10 bits per heavy atom. The molecule has 8 heteroatoms. The minimum absolute atomic E-state index is 0.234. The summed E-state index contributed by atoms with van der Waals surface area (Å²) in [5, 5.41) is 2.80. The van der Waals surface area contributed by atoms with E-state index >= 15 is 0 Å². The van der Waals surface area contributed by atoms with Gasteiger partial charge in [-0.2, -0.15) is 8.78 Å². The average Bonchev–Trinajstić information content (AvgIpc) is 2.48. The van der Waals surface area contributed by atoms with Crippen molar-refractivity contribution in [3.8, 4) is 5.75 Å². The van der Waals surface area contributed by atoms with Gasteiger partial charge in [0.25, 0.3) is 0 Å². The Balaban J connectivity index is 2.01. The number of nitrogens with one attached hydrogen (secondary N) is 1. The minimum atomic E-state index is -3.90. The summed E-state index contributed by atoms with van der Waals surface area (Å²) in [5.74, 6) is -0.919. The SMILES string of the molecule is CNc1ccncc1OCOC(F)(F)c1ncccc1F. The summed E-state index contributed by atoms with van der Waals surface area (Å²) in [7, 11) is 1.64. The predicted octanol–water partition coefficient (Wildman–Crippen LogP) is 2.76. The molecule has 0 saturated heterocycles. The van der Waals surface area contributed by atoms with E-state index in [9.17, 15) is 13.2 Å². The van der Waals surface area contributed by atoms with E-state index in [0.29, 0.717) is 5.69 Å². The molecule has 5 nitrogen and oxygen atoms in total. The lowest BCUT2D eigenvalue weighted by Gasteiger charge is -2.17. The van der Waals surface area contributed by atoms with Gasteiger partial charge in [-0.1, -0.05) is 0 Å². The largest absolute Gasteiger partial charge is 0.463 e. The number of pyridine rings is 2. The van der Waals surface area contributed by atoms with E-state index in [4.69, 9.17) is 4.74 Å². The zero-order valence-electron chi connectivity index (χ0n) is 11.0. The molecule has 0 radical (unpaired) electrons. The molecule has 21 heavy (non-hydrogen) atoms. The summed E-state index contributed by atoms with van der Waals surface area (Å²) in [6.45, 7) is -0.788. The highest BCUT2D eigenvalue weighted by atomic mass is 19.3. The van der Waals surface area contributed by atoms with Gasteiger partial charge >= 0.3 is 6.11 Å². The van der Waals surface area contributed by atoms with Crippen molar-refractivity contribution in [1.29, 1.82) is 0 Å². The monoisotopic (exact) mass is 299 g/mol. The zero-order valence-corrected chi connectivity index (χ0v) is 11.0. The molecular formula is C13H12F3N3O2. The first-order valence-corrected chi connectivity index (χ1v) is 5.92. The minimum Gasteiger partial charge on any atom is -0.463 e. The lowest BCUT2D eigenvalue weighted by Crippen LogP contribution is -2.24. The summed E-state index contributed by atoms with van der Waals surface area (Å²) in [6.07, 6.45) is 0.0101. The molecule has 1 N–H and O–H groups in total. The van der Waals surface area contributed by atoms with Gasteiger partial charge in [0.15, 0.2) is 24.1 Å². The van der Waals surface area contributed by atoms with Gasteiger partial charge in [0.2, 0.25) is 0 Å². The fraction of sp³-hybridized carbons (Fsp3) is 0.231. The van der Waals surface area contributed by atoms with Crippen LogP contribution in [0.25, 0.3) is 0 Å². The molecule has 0 fully saturated rings. The molecule has 2 aromatic heterocycles. The molecule has 0 aliphatic rings. The van der Waals surface area contributed by atoms with Crippen molar-refractivity contribution in [1.82, 2.24) is 9.97 Å². The van der Waals surface area contributed by atoms with Crippen LogP contribution in [-0.4, -0.2) is 23.8 Å². The third-order valence-electron chi connectivity index (χ3n) is 2.54. The van der Waals surface area contributed by atoms with Crippen molar-refractivity contribution in [2.45, 2.75) is 6.11 Å². The molecule has 0 aliphatic carbocycles. The summed E-state index contributed by atoms with van der Waals surface area (Å²) >= 11 is 0. The maximum atomic E-state index is 13.7. The maximum Gasteiger partial charge on any atom is 0.405 e. The first kappa shape index (κ1) is 15.0. The van der Waals surface area contributed by atoms with Crippen molar-refractivity contribution in [2.24, 2.45) is 0 Å². The summed E-state index contributed by atoms with van der Waals surface area (Å²) in [5.41, 5.74) is -0.533. The maximum absolute atomic E-state index is 13.7. The average molecular weight is 299 g/mol. The Morgan fingerprint density at radius 3 is 2.81 bits per heavy atom. The second kappa shape index (κ2) is 6.40. The van der Waals surface area contributed by atoms with Gasteiger partial charge in [-0.15, -0.1) is 0 Å². The van der Waals surface area contributed by atoms with Gasteiger partial charge < -0.3 is 10.1 Å². The second-order valence-electron chi connectivity index (χ2n) is 3.88. The number of hydrogen-bond acceptors (Lipinski definition) is 5. The van der Waals surface area contributed by atoms with Crippen LogP contribution >= 0.6 is 0 Å². The summed E-state index contributed by atoms with van der Waals surface area (Å²) < 4.78 is 49.9. The molecule has 0 unspecified atom stereocenters. The van der Waals surface area contributed by atoms with Crippen LogP contribution in [0.15, 0.2) is 36.8 Å². The van der Waals surface area contributed by atoms with Gasteiger partial charge in [-0.25, -0.2) is 9.37 Å². The number of anilines is 1. The second-order valence-corrected chi connectivity index (χ2v) is 3.88. The first-order chi connectivity index (χ1) is 10.0. The molecular weight excluding hydrogens is 287 g/mol. The fourth-order valence-corrected chi connectivity index (χ4v) is 1.54.